The van der Waals surface area contributed by atoms with Gasteiger partial charge in [-0.15, -0.1) is 24.0 Å². The molecule has 0 saturated carbocycles. The first kappa shape index (κ1) is 17.2. The first-order chi connectivity index (χ1) is 8.26. The van der Waals surface area contributed by atoms with Crippen molar-refractivity contribution in [2.24, 2.45) is 12.0 Å². The monoisotopic (exact) mass is 365 g/mol. The van der Waals surface area contributed by atoms with Crippen LogP contribution in [-0.2, 0) is 13.6 Å². The number of hydrogen-bond acceptors (Lipinski definition) is 2. The van der Waals surface area contributed by atoms with Gasteiger partial charge in [0.15, 0.2) is 5.96 Å². The molecule has 0 aliphatic carbocycles. The number of aliphatic imine (C=N–C) groups is 1. The smallest absolute Gasteiger partial charge is 0.191 e. The molecule has 0 saturated heterocycles. The molecule has 0 aromatic carbocycles. The van der Waals surface area contributed by atoms with Crippen molar-refractivity contribution in [1.29, 1.82) is 0 Å². The highest BCUT2D eigenvalue weighted by Gasteiger charge is 1.99. The van der Waals surface area contributed by atoms with Crippen LogP contribution in [0.3, 0.4) is 0 Å². The average Bonchev–Trinajstić information content (AvgIpc) is 2.74. The molecule has 0 spiro atoms. The van der Waals surface area contributed by atoms with Crippen molar-refractivity contribution in [2.45, 2.75) is 32.7 Å². The van der Waals surface area contributed by atoms with Gasteiger partial charge in [-0.2, -0.15) is 5.10 Å². The Bertz CT molecular complexity index is 348. The molecule has 0 fully saturated rings. The third-order valence-corrected chi connectivity index (χ3v) is 2.51. The lowest BCUT2D eigenvalue weighted by molar-refractivity contribution is 0.682. The molecule has 1 aromatic heterocycles. The molecule has 1 aromatic rings. The zero-order valence-corrected chi connectivity index (χ0v) is 13.8. The van der Waals surface area contributed by atoms with Crippen molar-refractivity contribution in [3.63, 3.8) is 0 Å². The van der Waals surface area contributed by atoms with Crippen LogP contribution in [0.2, 0.25) is 0 Å². The largest absolute Gasteiger partial charge is 0.356 e. The van der Waals surface area contributed by atoms with E-state index in [9.17, 15) is 0 Å². The molecule has 2 N–H and O–H groups in total. The van der Waals surface area contributed by atoms with Gasteiger partial charge in [-0.3, -0.25) is 9.67 Å². The lowest BCUT2D eigenvalue weighted by Crippen LogP contribution is -2.37. The van der Waals surface area contributed by atoms with Crippen LogP contribution in [0.1, 0.15) is 31.7 Å². The second kappa shape index (κ2) is 10.2. The Labute approximate surface area is 126 Å². The SMILES string of the molecule is CCCCCNC(=NC)NCc1cnn(C)c1.I. The van der Waals surface area contributed by atoms with Gasteiger partial charge in [-0.1, -0.05) is 19.8 Å². The maximum Gasteiger partial charge on any atom is 0.191 e. The fourth-order valence-corrected chi connectivity index (χ4v) is 1.55. The normalized spacial score (nSPS) is 10.9. The van der Waals surface area contributed by atoms with Gasteiger partial charge in [-0.25, -0.2) is 0 Å². The van der Waals surface area contributed by atoms with Gasteiger partial charge in [0.05, 0.1) is 6.20 Å². The van der Waals surface area contributed by atoms with E-state index in [4.69, 9.17) is 0 Å². The molecule has 0 aliphatic rings. The standard InChI is InChI=1S/C12H23N5.HI/c1-4-5-6-7-14-12(13-2)15-8-11-9-16-17(3)10-11;/h9-10H,4-8H2,1-3H3,(H2,13,14,15);1H. The van der Waals surface area contributed by atoms with Crippen molar-refractivity contribution >= 4 is 29.9 Å². The number of aromatic nitrogens is 2. The molecule has 1 heterocycles. The van der Waals surface area contributed by atoms with E-state index in [1.165, 1.54) is 19.3 Å². The molecule has 0 bridgehead atoms. The number of rotatable bonds is 6. The highest BCUT2D eigenvalue weighted by molar-refractivity contribution is 14.0. The van der Waals surface area contributed by atoms with Crippen LogP contribution in [0.4, 0.5) is 0 Å². The van der Waals surface area contributed by atoms with E-state index in [2.05, 4.69) is 27.6 Å². The first-order valence-corrected chi connectivity index (χ1v) is 6.18. The highest BCUT2D eigenvalue weighted by Crippen LogP contribution is 1.95. The molecule has 104 valence electrons. The summed E-state index contributed by atoms with van der Waals surface area (Å²) < 4.78 is 1.80. The minimum absolute atomic E-state index is 0. The minimum atomic E-state index is 0. The molecular formula is C12H24IN5. The summed E-state index contributed by atoms with van der Waals surface area (Å²) in [5.74, 6) is 0.852. The van der Waals surface area contributed by atoms with Crippen molar-refractivity contribution in [2.75, 3.05) is 13.6 Å². The number of aryl methyl sites for hydroxylation is 1. The van der Waals surface area contributed by atoms with Crippen molar-refractivity contribution in [3.05, 3.63) is 18.0 Å². The molecule has 6 heteroatoms. The lowest BCUT2D eigenvalue weighted by atomic mass is 10.2. The minimum Gasteiger partial charge on any atom is -0.356 e. The average molecular weight is 365 g/mol. The molecule has 0 unspecified atom stereocenters. The molecule has 0 atom stereocenters. The Hall–Kier alpha value is -0.790. The Morgan fingerprint density at radius 3 is 2.72 bits per heavy atom. The molecule has 5 nitrogen and oxygen atoms in total. The van der Waals surface area contributed by atoms with Crippen LogP contribution < -0.4 is 10.6 Å². The fraction of sp³-hybridized carbons (Fsp3) is 0.667. The summed E-state index contributed by atoms with van der Waals surface area (Å²) in [6.45, 7) is 3.93. The summed E-state index contributed by atoms with van der Waals surface area (Å²) in [6, 6.07) is 0. The maximum absolute atomic E-state index is 4.17. The van der Waals surface area contributed by atoms with Crippen LogP contribution in [0, 0.1) is 0 Å². The van der Waals surface area contributed by atoms with E-state index in [0.717, 1.165) is 24.6 Å². The van der Waals surface area contributed by atoms with Crippen molar-refractivity contribution < 1.29 is 0 Å². The van der Waals surface area contributed by atoms with Crippen LogP contribution in [-0.4, -0.2) is 29.3 Å². The van der Waals surface area contributed by atoms with Crippen LogP contribution in [0.25, 0.3) is 0 Å². The summed E-state index contributed by atoms with van der Waals surface area (Å²) in [5.41, 5.74) is 1.16. The molecule has 18 heavy (non-hydrogen) atoms. The summed E-state index contributed by atoms with van der Waals surface area (Å²) in [6.07, 6.45) is 7.54. The third-order valence-electron chi connectivity index (χ3n) is 2.51. The van der Waals surface area contributed by atoms with Gasteiger partial charge in [0.2, 0.25) is 0 Å². The van der Waals surface area contributed by atoms with Crippen molar-refractivity contribution in [1.82, 2.24) is 20.4 Å². The van der Waals surface area contributed by atoms with E-state index in [0.29, 0.717) is 0 Å². The Balaban J connectivity index is 0.00000289. The van der Waals surface area contributed by atoms with Gasteiger partial charge in [0, 0.05) is 38.9 Å². The number of hydrogen-bond donors (Lipinski definition) is 2. The Kier molecular flexibility index (Phi) is 9.72. The van der Waals surface area contributed by atoms with Gasteiger partial charge in [-0.05, 0) is 6.42 Å². The fourth-order valence-electron chi connectivity index (χ4n) is 1.55. The first-order valence-electron chi connectivity index (χ1n) is 6.18. The number of unbranched alkanes of at least 4 members (excludes halogenated alkanes) is 2. The maximum atomic E-state index is 4.17. The van der Waals surface area contributed by atoms with E-state index < -0.39 is 0 Å². The zero-order valence-electron chi connectivity index (χ0n) is 11.4. The van der Waals surface area contributed by atoms with Crippen LogP contribution >= 0.6 is 24.0 Å². The number of nitrogens with zero attached hydrogens (tertiary/aromatic N) is 3. The number of guanidine groups is 1. The summed E-state index contributed by atoms with van der Waals surface area (Å²) in [5, 5.41) is 10.7. The Morgan fingerprint density at radius 2 is 2.17 bits per heavy atom. The van der Waals surface area contributed by atoms with Gasteiger partial charge in [0.1, 0.15) is 0 Å². The van der Waals surface area contributed by atoms with Crippen molar-refractivity contribution in [3.8, 4) is 0 Å². The van der Waals surface area contributed by atoms with Gasteiger partial charge >= 0.3 is 0 Å². The number of halogens is 1. The zero-order chi connectivity index (χ0) is 12.5. The molecule has 0 radical (unpaired) electrons. The number of nitrogens with one attached hydrogen (secondary N) is 2. The molecule has 0 amide bonds. The summed E-state index contributed by atoms with van der Waals surface area (Å²) in [7, 11) is 3.71. The summed E-state index contributed by atoms with van der Waals surface area (Å²) >= 11 is 0. The molecular weight excluding hydrogens is 341 g/mol. The predicted molar refractivity (Wildman–Crippen MR) is 86.3 cm³/mol. The van der Waals surface area contributed by atoms with Crippen LogP contribution in [0.5, 0.6) is 0 Å². The molecule has 1 rings (SSSR count). The summed E-state index contributed by atoms with van der Waals surface area (Å²) in [4.78, 5) is 4.17. The highest BCUT2D eigenvalue weighted by atomic mass is 127. The van der Waals surface area contributed by atoms with E-state index >= 15 is 0 Å². The Morgan fingerprint density at radius 1 is 1.39 bits per heavy atom. The predicted octanol–water partition coefficient (Wildman–Crippen LogP) is 1.89. The van der Waals surface area contributed by atoms with E-state index in [1.54, 1.807) is 11.7 Å². The van der Waals surface area contributed by atoms with Gasteiger partial charge < -0.3 is 10.6 Å². The quantitative estimate of drug-likeness (QED) is 0.350. The topological polar surface area (TPSA) is 54.2 Å². The second-order valence-electron chi connectivity index (χ2n) is 4.08. The molecule has 0 aliphatic heterocycles. The lowest BCUT2D eigenvalue weighted by Gasteiger charge is -2.10. The second-order valence-corrected chi connectivity index (χ2v) is 4.08. The van der Waals surface area contributed by atoms with Crippen LogP contribution in [0.15, 0.2) is 17.4 Å². The third kappa shape index (κ3) is 6.83. The van der Waals surface area contributed by atoms with E-state index in [-0.39, 0.29) is 24.0 Å². The van der Waals surface area contributed by atoms with E-state index in [1.807, 2.05) is 19.4 Å². The van der Waals surface area contributed by atoms with Gasteiger partial charge in [0.25, 0.3) is 0 Å².